The Kier molecular flexibility index (Phi) is 4.05. The highest BCUT2D eigenvalue weighted by atomic mass is 79.9. The van der Waals surface area contributed by atoms with Crippen LogP contribution in [0, 0.1) is 0 Å². The van der Waals surface area contributed by atoms with Gasteiger partial charge in [0.1, 0.15) is 5.75 Å². The van der Waals surface area contributed by atoms with Crippen molar-refractivity contribution in [2.24, 2.45) is 5.84 Å². The van der Waals surface area contributed by atoms with Crippen LogP contribution >= 0.6 is 15.9 Å². The molecule has 3 N–H and O–H groups in total. The average Bonchev–Trinajstić information content (AvgIpc) is 2.95. The highest BCUT2D eigenvalue weighted by Crippen LogP contribution is 2.35. The van der Waals surface area contributed by atoms with Crippen LogP contribution in [0.1, 0.15) is 22.7 Å². The van der Waals surface area contributed by atoms with Crippen LogP contribution < -0.4 is 16.0 Å². The molecule has 1 aliphatic rings. The Morgan fingerprint density at radius 2 is 2.05 bits per heavy atom. The molecule has 1 heterocycles. The Morgan fingerprint density at radius 1 is 1.20 bits per heavy atom. The van der Waals surface area contributed by atoms with Gasteiger partial charge >= 0.3 is 0 Å². The molecular weight excluding hydrogens is 316 g/mol. The molecule has 1 unspecified atom stereocenters. The lowest BCUT2D eigenvalue weighted by molar-refractivity contribution is 0.348. The summed E-state index contributed by atoms with van der Waals surface area (Å²) in [5.74, 6) is 6.78. The van der Waals surface area contributed by atoms with Gasteiger partial charge in [-0.05, 0) is 23.6 Å². The first kappa shape index (κ1) is 13.6. The van der Waals surface area contributed by atoms with E-state index in [-0.39, 0.29) is 6.04 Å². The zero-order valence-corrected chi connectivity index (χ0v) is 12.7. The molecule has 104 valence electrons. The van der Waals surface area contributed by atoms with E-state index in [1.165, 1.54) is 11.1 Å². The maximum Gasteiger partial charge on any atom is 0.127 e. The van der Waals surface area contributed by atoms with E-state index in [0.717, 1.165) is 35.2 Å². The number of benzene rings is 2. The van der Waals surface area contributed by atoms with Gasteiger partial charge < -0.3 is 4.74 Å². The maximum absolute atomic E-state index is 5.78. The summed E-state index contributed by atoms with van der Waals surface area (Å²) >= 11 is 3.59. The summed E-state index contributed by atoms with van der Waals surface area (Å²) in [6.45, 7) is 0.763. The average molecular weight is 333 g/mol. The van der Waals surface area contributed by atoms with E-state index in [0.29, 0.717) is 0 Å². The monoisotopic (exact) mass is 332 g/mol. The summed E-state index contributed by atoms with van der Waals surface area (Å²) in [6, 6.07) is 14.5. The van der Waals surface area contributed by atoms with Crippen LogP contribution in [0.15, 0.2) is 46.9 Å². The summed E-state index contributed by atoms with van der Waals surface area (Å²) in [4.78, 5) is 0. The first-order valence-electron chi connectivity index (χ1n) is 6.73. The number of fused-ring (bicyclic) bond motifs is 1. The highest BCUT2D eigenvalue weighted by molar-refractivity contribution is 9.10. The van der Waals surface area contributed by atoms with Gasteiger partial charge in [-0.2, -0.15) is 0 Å². The van der Waals surface area contributed by atoms with E-state index < -0.39 is 0 Å². The molecule has 0 spiro atoms. The van der Waals surface area contributed by atoms with Crippen molar-refractivity contribution >= 4 is 15.9 Å². The van der Waals surface area contributed by atoms with Gasteiger partial charge in [0.25, 0.3) is 0 Å². The van der Waals surface area contributed by atoms with Gasteiger partial charge in [0, 0.05) is 16.5 Å². The first-order valence-corrected chi connectivity index (χ1v) is 7.53. The van der Waals surface area contributed by atoms with Crippen molar-refractivity contribution in [1.29, 1.82) is 0 Å². The number of halogens is 1. The Labute approximate surface area is 127 Å². The Hall–Kier alpha value is -1.36. The third-order valence-corrected chi connectivity index (χ3v) is 4.48. The third-order valence-electron chi connectivity index (χ3n) is 3.70. The molecule has 20 heavy (non-hydrogen) atoms. The normalized spacial score (nSPS) is 14.7. The van der Waals surface area contributed by atoms with Gasteiger partial charge in [-0.25, -0.2) is 0 Å². The number of hydrazine groups is 1. The lowest BCUT2D eigenvalue weighted by Crippen LogP contribution is -2.30. The van der Waals surface area contributed by atoms with Crippen LogP contribution in [0.25, 0.3) is 0 Å². The molecule has 1 aliphatic heterocycles. The second-order valence-corrected chi connectivity index (χ2v) is 5.80. The largest absolute Gasteiger partial charge is 0.493 e. The van der Waals surface area contributed by atoms with Crippen molar-refractivity contribution in [3.05, 3.63) is 63.6 Å². The number of rotatable bonds is 4. The highest BCUT2D eigenvalue weighted by Gasteiger charge is 2.22. The van der Waals surface area contributed by atoms with Crippen molar-refractivity contribution < 1.29 is 4.74 Å². The summed E-state index contributed by atoms with van der Waals surface area (Å²) in [5, 5.41) is 0. The van der Waals surface area contributed by atoms with Crippen LogP contribution in [0.5, 0.6) is 5.75 Å². The van der Waals surface area contributed by atoms with E-state index in [9.17, 15) is 0 Å². The topological polar surface area (TPSA) is 47.3 Å². The van der Waals surface area contributed by atoms with Crippen LogP contribution in [-0.2, 0) is 12.8 Å². The predicted octanol–water partition coefficient (Wildman–Crippen LogP) is 3.13. The number of nitrogens with two attached hydrogens (primary N) is 1. The minimum absolute atomic E-state index is 0.0433. The molecule has 0 amide bonds. The molecule has 0 bridgehead atoms. The minimum Gasteiger partial charge on any atom is -0.493 e. The lowest BCUT2D eigenvalue weighted by atomic mass is 9.96. The molecule has 3 rings (SSSR count). The van der Waals surface area contributed by atoms with E-state index in [1.54, 1.807) is 0 Å². The molecule has 1 atom stereocenters. The fourth-order valence-electron chi connectivity index (χ4n) is 2.66. The molecule has 0 aliphatic carbocycles. The van der Waals surface area contributed by atoms with Crippen molar-refractivity contribution in [3.63, 3.8) is 0 Å². The summed E-state index contributed by atoms with van der Waals surface area (Å²) in [5.41, 5.74) is 6.56. The zero-order chi connectivity index (χ0) is 13.9. The van der Waals surface area contributed by atoms with Gasteiger partial charge in [-0.1, -0.05) is 52.3 Å². The number of nitrogens with one attached hydrogen (secondary N) is 1. The quantitative estimate of drug-likeness (QED) is 0.668. The van der Waals surface area contributed by atoms with E-state index in [4.69, 9.17) is 10.6 Å². The molecule has 0 saturated carbocycles. The van der Waals surface area contributed by atoms with Crippen molar-refractivity contribution in [3.8, 4) is 5.75 Å². The molecule has 0 aromatic heterocycles. The zero-order valence-electron chi connectivity index (χ0n) is 11.1. The Bertz CT molecular complexity index is 615. The standard InChI is InChI=1S/C16H17BrN2O/c17-14-7-2-1-4-12(14)10-15(19-18)13-6-3-5-11-8-9-20-16(11)13/h1-7,15,19H,8-10,18H2. The van der Waals surface area contributed by atoms with Gasteiger partial charge in [0.15, 0.2) is 0 Å². The van der Waals surface area contributed by atoms with Gasteiger partial charge in [0.05, 0.1) is 12.6 Å². The number of hydrogen-bond donors (Lipinski definition) is 2. The Morgan fingerprint density at radius 3 is 2.85 bits per heavy atom. The third kappa shape index (κ3) is 2.59. The summed E-state index contributed by atoms with van der Waals surface area (Å²) in [7, 11) is 0. The number of hydrogen-bond acceptors (Lipinski definition) is 3. The van der Waals surface area contributed by atoms with Gasteiger partial charge in [0.2, 0.25) is 0 Å². The van der Waals surface area contributed by atoms with Crippen molar-refractivity contribution in [1.82, 2.24) is 5.43 Å². The smallest absolute Gasteiger partial charge is 0.127 e. The van der Waals surface area contributed by atoms with Crippen LogP contribution in [0.2, 0.25) is 0 Å². The molecule has 0 radical (unpaired) electrons. The molecule has 0 fully saturated rings. The van der Waals surface area contributed by atoms with Crippen molar-refractivity contribution in [2.75, 3.05) is 6.61 Å². The van der Waals surface area contributed by atoms with E-state index >= 15 is 0 Å². The molecule has 2 aromatic rings. The van der Waals surface area contributed by atoms with E-state index in [1.807, 2.05) is 12.1 Å². The molecule has 3 nitrogen and oxygen atoms in total. The fraction of sp³-hybridized carbons (Fsp3) is 0.250. The second kappa shape index (κ2) is 5.95. The van der Waals surface area contributed by atoms with Crippen molar-refractivity contribution in [2.45, 2.75) is 18.9 Å². The lowest BCUT2D eigenvalue weighted by Gasteiger charge is -2.19. The SMILES string of the molecule is NNC(Cc1ccccc1Br)c1cccc2c1OCC2. The minimum atomic E-state index is 0.0433. The number of para-hydroxylation sites is 1. The van der Waals surface area contributed by atoms with E-state index in [2.05, 4.69) is 51.7 Å². The van der Waals surface area contributed by atoms with Crippen LogP contribution in [0.4, 0.5) is 0 Å². The summed E-state index contributed by atoms with van der Waals surface area (Å²) in [6.07, 6.45) is 1.80. The first-order chi connectivity index (χ1) is 9.79. The summed E-state index contributed by atoms with van der Waals surface area (Å²) < 4.78 is 6.88. The van der Waals surface area contributed by atoms with Gasteiger partial charge in [-0.3, -0.25) is 11.3 Å². The number of ether oxygens (including phenoxy) is 1. The van der Waals surface area contributed by atoms with Crippen LogP contribution in [0.3, 0.4) is 0 Å². The van der Waals surface area contributed by atoms with Crippen LogP contribution in [-0.4, -0.2) is 6.61 Å². The Balaban J connectivity index is 1.91. The second-order valence-electron chi connectivity index (χ2n) is 4.95. The fourth-order valence-corrected chi connectivity index (χ4v) is 3.10. The maximum atomic E-state index is 5.78. The molecule has 2 aromatic carbocycles. The molecule has 0 saturated heterocycles. The van der Waals surface area contributed by atoms with Gasteiger partial charge in [-0.15, -0.1) is 0 Å². The molecular formula is C16H17BrN2O. The molecule has 4 heteroatoms. The predicted molar refractivity (Wildman–Crippen MR) is 83.6 cm³/mol.